The third kappa shape index (κ3) is 2.96. The van der Waals surface area contributed by atoms with Gasteiger partial charge in [-0.15, -0.1) is 11.8 Å². The number of thiazole rings is 1. The Labute approximate surface area is 135 Å². The Bertz CT molecular complexity index is 769. The second-order valence-corrected chi connectivity index (χ2v) is 7.07. The first kappa shape index (κ1) is 15.3. The van der Waals surface area contributed by atoms with E-state index in [0.717, 1.165) is 34.8 Å². The first-order valence-corrected chi connectivity index (χ1v) is 8.78. The van der Waals surface area contributed by atoms with Crippen molar-refractivity contribution in [3.63, 3.8) is 0 Å². The SMILES string of the molecule is Cc1csc(=O)n1CC(=O)N[C@@H]1CCSc2c(F)cccc21. The highest BCUT2D eigenvalue weighted by Crippen LogP contribution is 2.37. The first-order valence-electron chi connectivity index (χ1n) is 6.92. The molecule has 0 fully saturated rings. The fraction of sp³-hybridized carbons (Fsp3) is 0.333. The van der Waals surface area contributed by atoms with Crippen LogP contribution < -0.4 is 10.2 Å². The van der Waals surface area contributed by atoms with Gasteiger partial charge in [0.25, 0.3) is 0 Å². The number of nitrogens with one attached hydrogen (secondary N) is 1. The molecule has 1 atom stereocenters. The number of rotatable bonds is 3. The molecule has 0 saturated heterocycles. The molecule has 1 aliphatic rings. The van der Waals surface area contributed by atoms with E-state index in [-0.39, 0.29) is 29.2 Å². The van der Waals surface area contributed by atoms with E-state index in [4.69, 9.17) is 0 Å². The van der Waals surface area contributed by atoms with Gasteiger partial charge in [-0.2, -0.15) is 0 Å². The third-order valence-electron chi connectivity index (χ3n) is 3.64. The number of thioether (sulfide) groups is 1. The van der Waals surface area contributed by atoms with Crippen LogP contribution in [0.3, 0.4) is 0 Å². The van der Waals surface area contributed by atoms with E-state index < -0.39 is 0 Å². The highest BCUT2D eigenvalue weighted by atomic mass is 32.2. The number of hydrogen-bond donors (Lipinski definition) is 1. The number of carbonyl (C=O) groups excluding carboxylic acids is 1. The van der Waals surface area contributed by atoms with Crippen molar-refractivity contribution in [3.8, 4) is 0 Å². The summed E-state index contributed by atoms with van der Waals surface area (Å²) in [5.74, 6) is 0.290. The Kier molecular flexibility index (Phi) is 4.35. The van der Waals surface area contributed by atoms with Gasteiger partial charge in [-0.3, -0.25) is 14.2 Å². The van der Waals surface area contributed by atoms with E-state index >= 15 is 0 Å². The van der Waals surface area contributed by atoms with Crippen molar-refractivity contribution in [2.45, 2.75) is 30.8 Å². The molecule has 1 N–H and O–H groups in total. The molecule has 1 aromatic carbocycles. The lowest BCUT2D eigenvalue weighted by atomic mass is 10.0. The van der Waals surface area contributed by atoms with Gasteiger partial charge in [0.2, 0.25) is 5.91 Å². The molecule has 116 valence electrons. The zero-order chi connectivity index (χ0) is 15.7. The summed E-state index contributed by atoms with van der Waals surface area (Å²) in [6.07, 6.45) is 0.754. The monoisotopic (exact) mass is 338 g/mol. The van der Waals surface area contributed by atoms with Crippen LogP contribution in [0.5, 0.6) is 0 Å². The maximum atomic E-state index is 13.8. The van der Waals surface area contributed by atoms with Crippen molar-refractivity contribution >= 4 is 29.0 Å². The number of aryl methyl sites for hydroxylation is 1. The van der Waals surface area contributed by atoms with Crippen LogP contribution in [-0.2, 0) is 11.3 Å². The van der Waals surface area contributed by atoms with Gasteiger partial charge in [-0.25, -0.2) is 4.39 Å². The Balaban J connectivity index is 1.76. The number of nitrogens with zero attached hydrogens (tertiary/aromatic N) is 1. The van der Waals surface area contributed by atoms with Crippen molar-refractivity contribution in [3.05, 3.63) is 50.3 Å². The number of benzene rings is 1. The van der Waals surface area contributed by atoms with Crippen LogP contribution in [-0.4, -0.2) is 16.2 Å². The summed E-state index contributed by atoms with van der Waals surface area (Å²) in [6.45, 7) is 1.80. The third-order valence-corrected chi connectivity index (χ3v) is 5.68. The molecule has 0 radical (unpaired) electrons. The molecule has 1 aromatic heterocycles. The molecule has 2 heterocycles. The van der Waals surface area contributed by atoms with Crippen LogP contribution in [0.1, 0.15) is 23.7 Å². The number of aromatic nitrogens is 1. The molecule has 0 spiro atoms. The van der Waals surface area contributed by atoms with Gasteiger partial charge in [0.1, 0.15) is 12.4 Å². The number of amides is 1. The Morgan fingerprint density at radius 3 is 3.05 bits per heavy atom. The minimum atomic E-state index is -0.244. The van der Waals surface area contributed by atoms with E-state index in [2.05, 4.69) is 5.32 Å². The molecule has 3 rings (SSSR count). The van der Waals surface area contributed by atoms with Crippen LogP contribution in [0.4, 0.5) is 4.39 Å². The highest BCUT2D eigenvalue weighted by Gasteiger charge is 2.24. The fourth-order valence-electron chi connectivity index (χ4n) is 2.52. The quantitative estimate of drug-likeness (QED) is 0.936. The molecule has 7 heteroatoms. The normalized spacial score (nSPS) is 17.1. The predicted octanol–water partition coefficient (Wildman–Crippen LogP) is 2.71. The minimum absolute atomic E-state index is 0.00244. The lowest BCUT2D eigenvalue weighted by molar-refractivity contribution is -0.122. The molecule has 2 aromatic rings. The summed E-state index contributed by atoms with van der Waals surface area (Å²) in [6, 6.07) is 4.74. The number of fused-ring (bicyclic) bond motifs is 1. The molecule has 1 amide bonds. The molecule has 4 nitrogen and oxygen atoms in total. The summed E-state index contributed by atoms with van der Waals surface area (Å²) >= 11 is 2.56. The maximum Gasteiger partial charge on any atom is 0.307 e. The van der Waals surface area contributed by atoms with E-state index in [0.29, 0.717) is 4.90 Å². The number of halogens is 1. The predicted molar refractivity (Wildman–Crippen MR) is 85.9 cm³/mol. The van der Waals surface area contributed by atoms with Crippen LogP contribution in [0.25, 0.3) is 0 Å². The lowest BCUT2D eigenvalue weighted by Crippen LogP contribution is -2.35. The number of hydrogen-bond acceptors (Lipinski definition) is 4. The van der Waals surface area contributed by atoms with Crippen LogP contribution in [0.2, 0.25) is 0 Å². The summed E-state index contributed by atoms with van der Waals surface area (Å²) in [5, 5.41) is 4.65. The van der Waals surface area contributed by atoms with Gasteiger partial charge in [-0.05, 0) is 25.0 Å². The molecule has 0 unspecified atom stereocenters. The summed E-state index contributed by atoms with van der Waals surface area (Å²) in [5.41, 5.74) is 1.59. The standard InChI is InChI=1S/C15H15FN2O2S2/c1-9-8-22-15(20)18(9)7-13(19)17-12-5-6-21-14-10(12)3-2-4-11(14)16/h2-4,8,12H,5-7H2,1H3,(H,17,19)/t12-/m1/s1. The smallest absolute Gasteiger partial charge is 0.307 e. The maximum absolute atomic E-state index is 13.8. The van der Waals surface area contributed by atoms with Gasteiger partial charge in [0.15, 0.2) is 0 Å². The van der Waals surface area contributed by atoms with E-state index in [1.807, 2.05) is 6.07 Å². The molecule has 1 aliphatic heterocycles. The van der Waals surface area contributed by atoms with Gasteiger partial charge < -0.3 is 5.32 Å². The van der Waals surface area contributed by atoms with Crippen molar-refractivity contribution in [1.29, 1.82) is 0 Å². The average Bonchev–Trinajstić information content (AvgIpc) is 2.80. The number of carbonyl (C=O) groups is 1. The minimum Gasteiger partial charge on any atom is -0.348 e. The second-order valence-electron chi connectivity index (χ2n) is 5.14. The van der Waals surface area contributed by atoms with Gasteiger partial charge in [-0.1, -0.05) is 23.5 Å². The zero-order valence-corrected chi connectivity index (χ0v) is 13.6. The molecular formula is C15H15FN2O2S2. The van der Waals surface area contributed by atoms with Crippen molar-refractivity contribution < 1.29 is 9.18 Å². The lowest BCUT2D eigenvalue weighted by Gasteiger charge is -2.26. The fourth-order valence-corrected chi connectivity index (χ4v) is 4.39. The van der Waals surface area contributed by atoms with E-state index in [1.165, 1.54) is 22.4 Å². The first-order chi connectivity index (χ1) is 10.6. The Morgan fingerprint density at radius 1 is 1.50 bits per heavy atom. The van der Waals surface area contributed by atoms with E-state index in [1.54, 1.807) is 18.4 Å². The van der Waals surface area contributed by atoms with Crippen LogP contribution >= 0.6 is 23.1 Å². The van der Waals surface area contributed by atoms with Crippen LogP contribution in [0.15, 0.2) is 33.3 Å². The van der Waals surface area contributed by atoms with Gasteiger partial charge in [0, 0.05) is 21.7 Å². The van der Waals surface area contributed by atoms with Crippen molar-refractivity contribution in [2.75, 3.05) is 5.75 Å². The topological polar surface area (TPSA) is 51.1 Å². The van der Waals surface area contributed by atoms with Crippen LogP contribution in [0, 0.1) is 12.7 Å². The highest BCUT2D eigenvalue weighted by molar-refractivity contribution is 7.99. The van der Waals surface area contributed by atoms with Crippen molar-refractivity contribution in [2.24, 2.45) is 0 Å². The molecule has 0 saturated carbocycles. The molecule has 22 heavy (non-hydrogen) atoms. The molecule has 0 aliphatic carbocycles. The molecular weight excluding hydrogens is 323 g/mol. The average molecular weight is 338 g/mol. The van der Waals surface area contributed by atoms with Gasteiger partial charge in [0.05, 0.1) is 6.04 Å². The largest absolute Gasteiger partial charge is 0.348 e. The summed E-state index contributed by atoms with van der Waals surface area (Å²) in [7, 11) is 0. The summed E-state index contributed by atoms with van der Waals surface area (Å²) in [4.78, 5) is 24.3. The van der Waals surface area contributed by atoms with Crippen molar-refractivity contribution in [1.82, 2.24) is 9.88 Å². The second kappa shape index (κ2) is 6.26. The Morgan fingerprint density at radius 2 is 2.32 bits per heavy atom. The Hall–Kier alpha value is -1.60. The van der Waals surface area contributed by atoms with E-state index in [9.17, 15) is 14.0 Å². The summed E-state index contributed by atoms with van der Waals surface area (Å²) < 4.78 is 15.3. The zero-order valence-electron chi connectivity index (χ0n) is 12.0. The molecule has 0 bridgehead atoms. The van der Waals surface area contributed by atoms with Gasteiger partial charge >= 0.3 is 4.87 Å².